The topological polar surface area (TPSA) is 13.7 Å². The van der Waals surface area contributed by atoms with Gasteiger partial charge in [-0.05, 0) is 41.5 Å². The summed E-state index contributed by atoms with van der Waals surface area (Å²) in [4.78, 5) is 0. The minimum absolute atomic E-state index is 0.777. The summed E-state index contributed by atoms with van der Waals surface area (Å²) in [6, 6.07) is 45.9. The number of rotatable bonds is 5. The number of nitrogens with zero attached hydrogens (tertiary/aromatic N) is 3. The van der Waals surface area contributed by atoms with Gasteiger partial charge in [-0.15, -0.1) is 0 Å². The van der Waals surface area contributed by atoms with Crippen LogP contribution >= 0.6 is 0 Å². The minimum atomic E-state index is 0.777. The molecule has 0 spiro atoms. The highest BCUT2D eigenvalue weighted by Gasteiger charge is 2.21. The zero-order valence-corrected chi connectivity index (χ0v) is 22.6. The summed E-state index contributed by atoms with van der Waals surface area (Å²) in [6.45, 7) is 4.71. The van der Waals surface area contributed by atoms with Crippen LogP contribution < -0.4 is 4.57 Å². The zero-order chi connectivity index (χ0) is 27.3. The molecule has 8 aromatic rings. The van der Waals surface area contributed by atoms with Crippen LogP contribution in [0.3, 0.4) is 0 Å². The highest BCUT2D eigenvalue weighted by Crippen LogP contribution is 2.41. The quantitative estimate of drug-likeness (QED) is 0.199. The average molecular weight is 527 g/mol. The molecule has 0 fully saturated rings. The molecule has 0 radical (unpaired) electrons. The standard InChI is InChI=1S/C38H28N3/c1-2-27-15-17-28(18-16-27)26-40-34-21-19-30(39-23-9-4-10-24-39)25-33(34)31-20-22-36-37(38(31)40)32-13-7-8-14-35(32)41(36)29-11-5-3-6-12-29/h2-25H,1,26H2/q+1. The van der Waals surface area contributed by atoms with Gasteiger partial charge < -0.3 is 9.13 Å². The lowest BCUT2D eigenvalue weighted by Crippen LogP contribution is -2.28. The summed E-state index contributed by atoms with van der Waals surface area (Å²) < 4.78 is 7.09. The van der Waals surface area contributed by atoms with Crippen molar-refractivity contribution in [2.24, 2.45) is 0 Å². The van der Waals surface area contributed by atoms with Crippen LogP contribution in [0.4, 0.5) is 0 Å². The van der Waals surface area contributed by atoms with E-state index >= 15 is 0 Å². The van der Waals surface area contributed by atoms with Crippen LogP contribution in [0.5, 0.6) is 0 Å². The molecule has 3 aromatic heterocycles. The van der Waals surface area contributed by atoms with Crippen molar-refractivity contribution in [2.45, 2.75) is 6.54 Å². The number of hydrogen-bond donors (Lipinski definition) is 0. The Kier molecular flexibility index (Phi) is 5.36. The van der Waals surface area contributed by atoms with Crippen molar-refractivity contribution < 1.29 is 4.57 Å². The first-order chi connectivity index (χ1) is 20.3. The largest absolute Gasteiger partial charge is 0.335 e. The third kappa shape index (κ3) is 3.70. The molecule has 0 aliphatic rings. The molecule has 0 N–H and O–H groups in total. The minimum Gasteiger partial charge on any atom is -0.335 e. The maximum absolute atomic E-state index is 3.93. The second kappa shape index (κ2) is 9.35. The molecule has 8 rings (SSSR count). The number of fused-ring (bicyclic) bond motifs is 7. The Labute approximate surface area is 238 Å². The monoisotopic (exact) mass is 526 g/mol. The van der Waals surface area contributed by atoms with Crippen LogP contribution in [-0.4, -0.2) is 9.13 Å². The third-order valence-electron chi connectivity index (χ3n) is 8.23. The maximum Gasteiger partial charge on any atom is 0.211 e. The molecule has 0 bridgehead atoms. The lowest BCUT2D eigenvalue weighted by molar-refractivity contribution is -0.595. The Morgan fingerprint density at radius 2 is 1.34 bits per heavy atom. The van der Waals surface area contributed by atoms with Crippen molar-refractivity contribution in [3.63, 3.8) is 0 Å². The molecule has 3 heteroatoms. The van der Waals surface area contributed by atoms with Crippen molar-refractivity contribution in [1.29, 1.82) is 0 Å². The Morgan fingerprint density at radius 3 is 2.15 bits per heavy atom. The molecule has 3 heterocycles. The van der Waals surface area contributed by atoms with Gasteiger partial charge in [-0.1, -0.05) is 85.5 Å². The average Bonchev–Trinajstić information content (AvgIpc) is 3.54. The van der Waals surface area contributed by atoms with Gasteiger partial charge in [-0.2, -0.15) is 4.57 Å². The van der Waals surface area contributed by atoms with E-state index in [2.05, 4.69) is 160 Å². The molecule has 0 atom stereocenters. The second-order valence-corrected chi connectivity index (χ2v) is 10.6. The molecule has 0 saturated carbocycles. The molecule has 5 aromatic carbocycles. The molecule has 3 nitrogen and oxygen atoms in total. The van der Waals surface area contributed by atoms with Gasteiger partial charge in [0, 0.05) is 63.6 Å². The summed E-state index contributed by atoms with van der Waals surface area (Å²) in [7, 11) is 0. The van der Waals surface area contributed by atoms with Gasteiger partial charge in [0.2, 0.25) is 5.69 Å². The van der Waals surface area contributed by atoms with Gasteiger partial charge in [-0.25, -0.2) is 0 Å². The Bertz CT molecular complexity index is 2220. The van der Waals surface area contributed by atoms with Crippen LogP contribution in [0.2, 0.25) is 0 Å². The van der Waals surface area contributed by atoms with E-state index in [1.807, 2.05) is 6.08 Å². The van der Waals surface area contributed by atoms with Crippen LogP contribution in [-0.2, 0) is 6.54 Å². The van der Waals surface area contributed by atoms with E-state index in [4.69, 9.17) is 0 Å². The zero-order valence-electron chi connectivity index (χ0n) is 22.6. The summed E-state index contributed by atoms with van der Waals surface area (Å²) in [6.07, 6.45) is 6.11. The predicted octanol–water partition coefficient (Wildman–Crippen LogP) is 8.86. The van der Waals surface area contributed by atoms with Crippen molar-refractivity contribution in [2.75, 3.05) is 0 Å². The molecule has 0 aliphatic carbocycles. The fourth-order valence-electron chi connectivity index (χ4n) is 6.33. The molecular weight excluding hydrogens is 498 g/mol. The van der Waals surface area contributed by atoms with E-state index in [0.29, 0.717) is 0 Å². The van der Waals surface area contributed by atoms with E-state index in [9.17, 15) is 0 Å². The fraction of sp³-hybridized carbons (Fsp3) is 0.0263. The van der Waals surface area contributed by atoms with Crippen molar-refractivity contribution >= 4 is 49.7 Å². The highest BCUT2D eigenvalue weighted by atomic mass is 15.0. The van der Waals surface area contributed by atoms with Crippen molar-refractivity contribution in [3.05, 3.63) is 157 Å². The van der Waals surface area contributed by atoms with Crippen LogP contribution in [0, 0.1) is 0 Å². The first-order valence-electron chi connectivity index (χ1n) is 14.0. The van der Waals surface area contributed by atoms with Gasteiger partial charge in [-0.3, -0.25) is 0 Å². The Morgan fingerprint density at radius 1 is 0.610 bits per heavy atom. The van der Waals surface area contributed by atoms with Crippen LogP contribution in [0.15, 0.2) is 146 Å². The van der Waals surface area contributed by atoms with Crippen LogP contribution in [0.1, 0.15) is 11.1 Å². The van der Waals surface area contributed by atoms with E-state index in [1.165, 1.54) is 54.9 Å². The van der Waals surface area contributed by atoms with E-state index in [-0.39, 0.29) is 0 Å². The van der Waals surface area contributed by atoms with E-state index in [1.54, 1.807) is 0 Å². The van der Waals surface area contributed by atoms with Gasteiger partial charge in [0.05, 0.1) is 16.6 Å². The smallest absolute Gasteiger partial charge is 0.211 e. The number of benzene rings is 5. The fourth-order valence-corrected chi connectivity index (χ4v) is 6.33. The second-order valence-electron chi connectivity index (χ2n) is 10.6. The van der Waals surface area contributed by atoms with Crippen molar-refractivity contribution in [3.8, 4) is 11.4 Å². The predicted molar refractivity (Wildman–Crippen MR) is 171 cm³/mol. The summed E-state index contributed by atoms with van der Waals surface area (Å²) in [5, 5.41) is 5.08. The summed E-state index contributed by atoms with van der Waals surface area (Å²) in [5.74, 6) is 0. The molecule has 41 heavy (non-hydrogen) atoms. The van der Waals surface area contributed by atoms with Crippen molar-refractivity contribution in [1.82, 2.24) is 9.13 Å². The molecule has 194 valence electrons. The lowest BCUT2D eigenvalue weighted by Gasteiger charge is -2.10. The number of pyridine rings is 1. The number of para-hydroxylation sites is 2. The first-order valence-corrected chi connectivity index (χ1v) is 14.0. The van der Waals surface area contributed by atoms with Gasteiger partial charge in [0.25, 0.3) is 0 Å². The third-order valence-corrected chi connectivity index (χ3v) is 8.23. The van der Waals surface area contributed by atoms with Crippen LogP contribution in [0.25, 0.3) is 61.1 Å². The Hall–Kier alpha value is -5.41. The van der Waals surface area contributed by atoms with Gasteiger partial charge >= 0.3 is 0 Å². The lowest BCUT2D eigenvalue weighted by atomic mass is 10.1. The number of aromatic nitrogens is 3. The molecule has 0 aliphatic heterocycles. The van der Waals surface area contributed by atoms with Gasteiger partial charge in [0.1, 0.15) is 0 Å². The SMILES string of the molecule is C=Cc1ccc(Cn2c3ccc(-[n+]4ccccc4)cc3c3ccc4c(c5ccccc5n4-c4ccccc4)c32)cc1. The molecule has 0 unspecified atom stereocenters. The number of hydrogen-bond acceptors (Lipinski definition) is 0. The van der Waals surface area contributed by atoms with Gasteiger partial charge in [0.15, 0.2) is 12.4 Å². The van der Waals surface area contributed by atoms with E-state index in [0.717, 1.165) is 17.8 Å². The molecular formula is C38H28N3+. The normalized spacial score (nSPS) is 11.6. The maximum atomic E-state index is 3.93. The molecule has 0 saturated heterocycles. The van der Waals surface area contributed by atoms with E-state index < -0.39 is 0 Å². The first kappa shape index (κ1) is 23.5. The highest BCUT2D eigenvalue weighted by molar-refractivity contribution is 6.25. The summed E-state index contributed by atoms with van der Waals surface area (Å²) >= 11 is 0. The summed E-state index contributed by atoms with van der Waals surface area (Å²) in [5.41, 5.74) is 9.65. The molecule has 0 amide bonds. The Balaban J connectivity index is 1.49.